The highest BCUT2D eigenvalue weighted by Crippen LogP contribution is 2.26. The number of anilines is 1. The summed E-state index contributed by atoms with van der Waals surface area (Å²) >= 11 is 11.0. The van der Waals surface area contributed by atoms with Crippen molar-refractivity contribution in [1.29, 1.82) is 0 Å². The Morgan fingerprint density at radius 2 is 1.95 bits per heavy atom. The van der Waals surface area contributed by atoms with E-state index in [2.05, 4.69) is 21.2 Å². The first kappa shape index (κ1) is 15.4. The van der Waals surface area contributed by atoms with E-state index in [1.807, 2.05) is 36.4 Å². The van der Waals surface area contributed by atoms with Gasteiger partial charge in [-0.1, -0.05) is 45.7 Å². The fourth-order valence-corrected chi connectivity index (χ4v) is 3.18. The van der Waals surface area contributed by atoms with E-state index < -0.39 is 0 Å². The highest BCUT2D eigenvalue weighted by atomic mass is 79.9. The first-order chi connectivity index (χ1) is 9.65. The molecule has 1 N–H and O–H groups in total. The van der Waals surface area contributed by atoms with Gasteiger partial charge in [-0.05, 0) is 30.3 Å². The molecule has 0 fully saturated rings. The van der Waals surface area contributed by atoms with Crippen LogP contribution >= 0.6 is 39.3 Å². The molecule has 0 unspecified atom stereocenters. The summed E-state index contributed by atoms with van der Waals surface area (Å²) in [5.41, 5.74) is 0.643. The average Bonchev–Trinajstić information content (AvgIpc) is 2.43. The van der Waals surface area contributed by atoms with Crippen molar-refractivity contribution in [1.82, 2.24) is 0 Å². The van der Waals surface area contributed by atoms with Crippen LogP contribution in [0.4, 0.5) is 5.69 Å². The van der Waals surface area contributed by atoms with Gasteiger partial charge in [-0.15, -0.1) is 11.8 Å². The summed E-state index contributed by atoms with van der Waals surface area (Å²) in [4.78, 5) is 13.0. The summed E-state index contributed by atoms with van der Waals surface area (Å²) in [5, 5.41) is 3.35. The van der Waals surface area contributed by atoms with Gasteiger partial charge in [0, 0.05) is 21.5 Å². The average molecular weight is 371 g/mol. The Bertz CT molecular complexity index is 592. The molecule has 2 aromatic rings. The van der Waals surface area contributed by atoms with E-state index in [0.717, 1.165) is 10.2 Å². The lowest BCUT2D eigenvalue weighted by Gasteiger charge is -2.07. The van der Waals surface area contributed by atoms with Crippen molar-refractivity contribution < 1.29 is 4.79 Å². The van der Waals surface area contributed by atoms with Gasteiger partial charge in [0.2, 0.25) is 5.91 Å². The number of hydrogen-bond acceptors (Lipinski definition) is 2. The van der Waals surface area contributed by atoms with Gasteiger partial charge in [-0.25, -0.2) is 0 Å². The molecule has 0 radical (unpaired) electrons. The van der Waals surface area contributed by atoms with Crippen molar-refractivity contribution in [2.24, 2.45) is 0 Å². The third kappa shape index (κ3) is 4.85. The summed E-state index contributed by atoms with van der Waals surface area (Å²) in [6.07, 6.45) is 0.450. The predicted octanol–water partition coefficient (Wildman–Crippen LogP) is 5.22. The molecule has 2 aromatic carbocycles. The second-order valence-corrected chi connectivity index (χ2v) is 6.58. The first-order valence-corrected chi connectivity index (χ1v) is 8.23. The smallest absolute Gasteiger partial charge is 0.225 e. The second kappa shape index (κ2) is 7.72. The molecule has 0 aromatic heterocycles. The van der Waals surface area contributed by atoms with E-state index >= 15 is 0 Å². The summed E-state index contributed by atoms with van der Waals surface area (Å²) < 4.78 is 0.889. The first-order valence-electron chi connectivity index (χ1n) is 6.08. The molecule has 0 saturated heterocycles. The van der Waals surface area contributed by atoms with Gasteiger partial charge in [-0.2, -0.15) is 0 Å². The minimum Gasteiger partial charge on any atom is -0.325 e. The van der Waals surface area contributed by atoms with Gasteiger partial charge < -0.3 is 5.32 Å². The highest BCUT2D eigenvalue weighted by molar-refractivity contribution is 9.10. The number of hydrogen-bond donors (Lipinski definition) is 1. The maximum Gasteiger partial charge on any atom is 0.225 e. The van der Waals surface area contributed by atoms with Crippen LogP contribution in [0.1, 0.15) is 6.42 Å². The molecule has 5 heteroatoms. The van der Waals surface area contributed by atoms with E-state index in [0.29, 0.717) is 17.1 Å². The summed E-state index contributed by atoms with van der Waals surface area (Å²) in [6, 6.07) is 15.4. The second-order valence-electron chi connectivity index (χ2n) is 4.08. The zero-order valence-corrected chi connectivity index (χ0v) is 13.8. The van der Waals surface area contributed by atoms with Crippen LogP contribution in [0.5, 0.6) is 0 Å². The molecule has 0 saturated carbocycles. The molecular formula is C15H13BrClNOS. The SMILES string of the molecule is O=C(CCSc1ccccc1)Nc1ccc(Br)cc1Cl. The third-order valence-electron chi connectivity index (χ3n) is 2.55. The molecule has 2 nitrogen and oxygen atoms in total. The van der Waals surface area contributed by atoms with Crippen molar-refractivity contribution >= 4 is 50.9 Å². The molecule has 2 rings (SSSR count). The van der Waals surface area contributed by atoms with Crippen LogP contribution in [-0.4, -0.2) is 11.7 Å². The van der Waals surface area contributed by atoms with E-state index in [4.69, 9.17) is 11.6 Å². The van der Waals surface area contributed by atoms with Crippen LogP contribution in [0.2, 0.25) is 5.02 Å². The lowest BCUT2D eigenvalue weighted by atomic mass is 10.3. The van der Waals surface area contributed by atoms with Crippen molar-refractivity contribution in [3.8, 4) is 0 Å². The van der Waals surface area contributed by atoms with Crippen molar-refractivity contribution in [3.63, 3.8) is 0 Å². The number of thioether (sulfide) groups is 1. The quantitative estimate of drug-likeness (QED) is 0.731. The minimum atomic E-state index is -0.0300. The summed E-state index contributed by atoms with van der Waals surface area (Å²) in [7, 11) is 0. The van der Waals surface area contributed by atoms with E-state index in [1.165, 1.54) is 4.90 Å². The minimum absolute atomic E-state index is 0.0300. The molecule has 0 atom stereocenters. The molecule has 1 amide bonds. The number of amides is 1. The molecule has 0 bridgehead atoms. The van der Waals surface area contributed by atoms with Crippen LogP contribution in [0, 0.1) is 0 Å². The van der Waals surface area contributed by atoms with E-state index in [1.54, 1.807) is 23.9 Å². The molecule has 0 aliphatic carbocycles. The number of benzene rings is 2. The lowest BCUT2D eigenvalue weighted by Crippen LogP contribution is -2.12. The number of halogens is 2. The number of rotatable bonds is 5. The summed E-state index contributed by atoms with van der Waals surface area (Å²) in [6.45, 7) is 0. The van der Waals surface area contributed by atoms with E-state index in [-0.39, 0.29) is 5.91 Å². The molecule has 0 spiro atoms. The van der Waals surface area contributed by atoms with Crippen LogP contribution < -0.4 is 5.32 Å². The maximum absolute atomic E-state index is 11.8. The molecule has 0 aliphatic heterocycles. The number of carbonyl (C=O) groups is 1. The molecule has 0 heterocycles. The lowest BCUT2D eigenvalue weighted by molar-refractivity contribution is -0.115. The molecule has 104 valence electrons. The zero-order valence-electron chi connectivity index (χ0n) is 10.6. The molecule has 20 heavy (non-hydrogen) atoms. The van der Waals surface area contributed by atoms with Gasteiger partial charge in [0.15, 0.2) is 0 Å². The Labute approximate surface area is 136 Å². The van der Waals surface area contributed by atoms with Crippen molar-refractivity contribution in [3.05, 3.63) is 58.0 Å². The fraction of sp³-hybridized carbons (Fsp3) is 0.133. The Morgan fingerprint density at radius 3 is 2.65 bits per heavy atom. The van der Waals surface area contributed by atoms with Gasteiger partial charge in [0.1, 0.15) is 0 Å². The third-order valence-corrected chi connectivity index (χ3v) is 4.37. The highest BCUT2D eigenvalue weighted by Gasteiger charge is 2.06. The normalized spacial score (nSPS) is 10.3. The van der Waals surface area contributed by atoms with E-state index in [9.17, 15) is 4.79 Å². The maximum atomic E-state index is 11.8. The van der Waals surface area contributed by atoms with Crippen LogP contribution in [0.25, 0.3) is 0 Å². The Kier molecular flexibility index (Phi) is 5.95. The largest absolute Gasteiger partial charge is 0.325 e. The van der Waals surface area contributed by atoms with Gasteiger partial charge in [0.05, 0.1) is 10.7 Å². The Hall–Kier alpha value is -0.970. The Morgan fingerprint density at radius 1 is 1.20 bits per heavy atom. The van der Waals surface area contributed by atoms with Gasteiger partial charge in [-0.3, -0.25) is 4.79 Å². The Balaban J connectivity index is 1.81. The predicted molar refractivity (Wildman–Crippen MR) is 89.6 cm³/mol. The van der Waals surface area contributed by atoms with Crippen LogP contribution in [0.3, 0.4) is 0 Å². The van der Waals surface area contributed by atoms with Crippen molar-refractivity contribution in [2.45, 2.75) is 11.3 Å². The number of carbonyl (C=O) groups excluding carboxylic acids is 1. The van der Waals surface area contributed by atoms with Crippen LogP contribution in [0.15, 0.2) is 57.9 Å². The molecular weight excluding hydrogens is 358 g/mol. The zero-order chi connectivity index (χ0) is 14.4. The fourth-order valence-electron chi connectivity index (χ4n) is 1.58. The van der Waals surface area contributed by atoms with Gasteiger partial charge in [0.25, 0.3) is 0 Å². The van der Waals surface area contributed by atoms with Crippen LogP contribution in [-0.2, 0) is 4.79 Å². The topological polar surface area (TPSA) is 29.1 Å². The monoisotopic (exact) mass is 369 g/mol. The summed E-state index contributed by atoms with van der Waals surface area (Å²) in [5.74, 6) is 0.710. The van der Waals surface area contributed by atoms with Crippen molar-refractivity contribution in [2.75, 3.05) is 11.1 Å². The van der Waals surface area contributed by atoms with Gasteiger partial charge >= 0.3 is 0 Å². The molecule has 0 aliphatic rings. The number of nitrogens with one attached hydrogen (secondary N) is 1. The standard InChI is InChI=1S/C15H13BrClNOS/c16-11-6-7-14(13(17)10-11)18-15(19)8-9-20-12-4-2-1-3-5-12/h1-7,10H,8-9H2,(H,18,19).